The summed E-state index contributed by atoms with van der Waals surface area (Å²) in [6.45, 7) is 0. The molecule has 0 saturated carbocycles. The van der Waals surface area contributed by atoms with E-state index in [0.29, 0.717) is 0 Å². The Balaban J connectivity index is 2.73. The number of hydrogen-bond donors (Lipinski definition) is 1. The van der Waals surface area contributed by atoms with Crippen molar-refractivity contribution in [3.05, 3.63) is 0 Å². The highest BCUT2D eigenvalue weighted by atomic mass is 14.7. The summed E-state index contributed by atoms with van der Waals surface area (Å²) in [5.41, 5.74) is 13.9. The van der Waals surface area contributed by atoms with Crippen LogP contribution in [-0.4, -0.2) is 67.8 Å². The number of nitrogens with one attached hydrogen (secondary N) is 1. The van der Waals surface area contributed by atoms with Gasteiger partial charge in [0, 0.05) is 11.0 Å². The van der Waals surface area contributed by atoms with Crippen LogP contribution in [0, 0.1) is 0 Å². The van der Waals surface area contributed by atoms with Gasteiger partial charge in [-0.2, -0.15) is 0 Å². The first-order chi connectivity index (χ1) is 9.77. The second-order valence-electron chi connectivity index (χ2n) is 6.62. The molecule has 1 nitrogen and oxygen atoms in total. The fourth-order valence-corrected chi connectivity index (χ4v) is 3.69. The fraction of sp³-hybridized carbons (Fsp3) is 0. The van der Waals surface area contributed by atoms with Gasteiger partial charge in [-0.15, -0.1) is 10.9 Å². The monoisotopic (exact) mass is 263 g/mol. The third-order valence-electron chi connectivity index (χ3n) is 5.88. The van der Waals surface area contributed by atoms with Gasteiger partial charge < -0.3 is 4.98 Å². The van der Waals surface area contributed by atoms with E-state index in [9.17, 15) is 0 Å². The lowest BCUT2D eigenvalue weighted by Crippen LogP contribution is -2.49. The molecule has 0 aliphatic heterocycles. The first kappa shape index (κ1) is 14.7. The van der Waals surface area contributed by atoms with E-state index in [2.05, 4.69) is 67.8 Å². The molecule has 0 radical (unpaired) electrons. The van der Waals surface area contributed by atoms with Crippen LogP contribution in [0.2, 0.25) is 0 Å². The molecular formula is C12H17B8N. The van der Waals surface area contributed by atoms with E-state index >= 15 is 0 Å². The summed E-state index contributed by atoms with van der Waals surface area (Å²) in [7, 11) is 18.0. The molecule has 3 aromatic rings. The number of H-pyrrole nitrogens is 1. The predicted molar refractivity (Wildman–Crippen MR) is 121 cm³/mol. The molecule has 0 bridgehead atoms. The van der Waals surface area contributed by atoms with Crippen LogP contribution in [0.4, 0.5) is 0 Å². The number of benzene rings is 2. The molecule has 0 saturated heterocycles. The smallest absolute Gasteiger partial charge is 0.141 e. The van der Waals surface area contributed by atoms with Crippen molar-refractivity contribution in [1.82, 2.24) is 4.98 Å². The molecule has 94 valence electrons. The molecule has 21 heavy (non-hydrogen) atoms. The molecule has 0 amide bonds. The Morgan fingerprint density at radius 3 is 1.00 bits per heavy atom. The number of fused-ring (bicyclic) bond motifs is 3. The van der Waals surface area contributed by atoms with Gasteiger partial charge in [-0.05, 0) is 10.8 Å². The summed E-state index contributed by atoms with van der Waals surface area (Å²) in [6, 6.07) is 0. The Labute approximate surface area is 133 Å². The van der Waals surface area contributed by atoms with Crippen LogP contribution >= 0.6 is 0 Å². The Morgan fingerprint density at radius 1 is 0.381 bits per heavy atom. The topological polar surface area (TPSA) is 15.8 Å². The average Bonchev–Trinajstić information content (AvgIpc) is 2.87. The maximum absolute atomic E-state index is 3.73. The molecule has 0 fully saturated rings. The van der Waals surface area contributed by atoms with Gasteiger partial charge in [0.1, 0.15) is 62.8 Å². The molecule has 0 unspecified atom stereocenters. The minimum absolute atomic E-state index is 1.32. The summed E-state index contributed by atoms with van der Waals surface area (Å²) in [4.78, 5) is 3.73. The molecule has 0 aliphatic rings. The maximum Gasteiger partial charge on any atom is 0.141 e. The zero-order valence-corrected chi connectivity index (χ0v) is 14.5. The van der Waals surface area contributed by atoms with Crippen molar-refractivity contribution >= 4 is 128 Å². The molecule has 0 spiro atoms. The Hall–Kier alpha value is -1.24. The Bertz CT molecular complexity index is 853. The highest BCUT2D eigenvalue weighted by molar-refractivity contribution is 6.71. The standard InChI is InChI=1S/C12H17B8N/c13-3-1-2-4(14)6(16)8(18)10(20)12(2)21-11(1)9(19)7(17)5(3)15/h21H,13-20H2. The van der Waals surface area contributed by atoms with Gasteiger partial charge in [0.2, 0.25) is 0 Å². The van der Waals surface area contributed by atoms with E-state index in [0.717, 1.165) is 0 Å². The SMILES string of the molecule is Bc1c(B)c(B)c2c([nH]c3c(B)c(B)c(B)c(B)c32)c1B. The van der Waals surface area contributed by atoms with E-state index in [1.807, 2.05) is 0 Å². The molecule has 0 aliphatic carbocycles. The van der Waals surface area contributed by atoms with Gasteiger partial charge in [0.25, 0.3) is 0 Å². The number of rotatable bonds is 0. The fourth-order valence-electron chi connectivity index (χ4n) is 3.69. The minimum Gasteiger partial charge on any atom is -0.356 e. The van der Waals surface area contributed by atoms with Crippen molar-refractivity contribution < 1.29 is 0 Å². The molecule has 0 atom stereocenters. The van der Waals surface area contributed by atoms with Crippen LogP contribution in [0.3, 0.4) is 0 Å². The number of aromatic nitrogens is 1. The third kappa shape index (κ3) is 1.76. The summed E-state index contributed by atoms with van der Waals surface area (Å²) >= 11 is 0. The van der Waals surface area contributed by atoms with Crippen LogP contribution in [0.1, 0.15) is 0 Å². The van der Waals surface area contributed by atoms with Crippen molar-refractivity contribution in [2.45, 2.75) is 0 Å². The summed E-state index contributed by atoms with van der Waals surface area (Å²) in [6.07, 6.45) is 0. The van der Waals surface area contributed by atoms with Crippen molar-refractivity contribution in [3.63, 3.8) is 0 Å². The van der Waals surface area contributed by atoms with E-state index < -0.39 is 0 Å². The van der Waals surface area contributed by atoms with E-state index in [1.165, 1.54) is 65.5 Å². The van der Waals surface area contributed by atoms with Crippen molar-refractivity contribution in [2.24, 2.45) is 0 Å². The highest BCUT2D eigenvalue weighted by Crippen LogP contribution is 2.17. The number of aromatic amines is 1. The van der Waals surface area contributed by atoms with Crippen LogP contribution in [0.15, 0.2) is 0 Å². The summed E-state index contributed by atoms with van der Waals surface area (Å²) in [5, 5.41) is 2.85. The van der Waals surface area contributed by atoms with Crippen LogP contribution in [0.5, 0.6) is 0 Å². The second-order valence-corrected chi connectivity index (χ2v) is 6.62. The first-order valence-corrected chi connectivity index (χ1v) is 7.75. The van der Waals surface area contributed by atoms with Gasteiger partial charge in [0.15, 0.2) is 0 Å². The lowest BCUT2D eigenvalue weighted by atomic mass is 9.63. The largest absolute Gasteiger partial charge is 0.356 e. The second kappa shape index (κ2) is 4.63. The molecule has 3 rings (SSSR count). The predicted octanol–water partition coefficient (Wildman–Crippen LogP) is -10.6. The van der Waals surface area contributed by atoms with Crippen molar-refractivity contribution in [3.8, 4) is 0 Å². The van der Waals surface area contributed by atoms with Gasteiger partial charge in [-0.25, -0.2) is 0 Å². The zero-order valence-electron chi connectivity index (χ0n) is 14.5. The van der Waals surface area contributed by atoms with Crippen molar-refractivity contribution in [2.75, 3.05) is 0 Å². The zero-order chi connectivity index (χ0) is 15.6. The molecular weight excluding hydrogens is 245 g/mol. The Morgan fingerprint density at radius 2 is 0.667 bits per heavy atom. The van der Waals surface area contributed by atoms with Crippen molar-refractivity contribution in [1.29, 1.82) is 0 Å². The van der Waals surface area contributed by atoms with E-state index in [-0.39, 0.29) is 0 Å². The molecule has 2 aromatic carbocycles. The van der Waals surface area contributed by atoms with Gasteiger partial charge >= 0.3 is 0 Å². The highest BCUT2D eigenvalue weighted by Gasteiger charge is 2.17. The summed E-state index contributed by atoms with van der Waals surface area (Å²) in [5.74, 6) is 0. The van der Waals surface area contributed by atoms with Crippen LogP contribution < -0.4 is 43.7 Å². The van der Waals surface area contributed by atoms with Crippen LogP contribution in [0.25, 0.3) is 21.8 Å². The lowest BCUT2D eigenvalue weighted by molar-refractivity contribution is 1.59. The van der Waals surface area contributed by atoms with E-state index in [1.54, 1.807) is 0 Å². The molecule has 1 heterocycles. The van der Waals surface area contributed by atoms with Crippen LogP contribution in [-0.2, 0) is 0 Å². The van der Waals surface area contributed by atoms with E-state index in [4.69, 9.17) is 0 Å². The molecule has 1 N–H and O–H groups in total. The minimum atomic E-state index is 1.32. The Kier molecular flexibility index (Phi) is 3.24. The molecule has 9 heteroatoms. The average molecular weight is 262 g/mol. The van der Waals surface area contributed by atoms with Gasteiger partial charge in [-0.3, -0.25) is 0 Å². The lowest BCUT2D eigenvalue weighted by Gasteiger charge is -2.14. The van der Waals surface area contributed by atoms with Gasteiger partial charge in [-0.1, -0.05) is 32.8 Å². The quantitative estimate of drug-likeness (QED) is 0.387. The number of hydrogen-bond acceptors (Lipinski definition) is 0. The maximum atomic E-state index is 3.73. The normalized spacial score (nSPS) is 11.4. The van der Waals surface area contributed by atoms with Gasteiger partial charge in [0.05, 0.1) is 0 Å². The third-order valence-corrected chi connectivity index (χ3v) is 5.88. The summed E-state index contributed by atoms with van der Waals surface area (Å²) < 4.78 is 0. The molecule has 1 aromatic heterocycles. The first-order valence-electron chi connectivity index (χ1n) is 7.75.